The summed E-state index contributed by atoms with van der Waals surface area (Å²) < 4.78 is 19.5. The van der Waals surface area contributed by atoms with E-state index in [0.29, 0.717) is 24.2 Å². The Kier molecular flexibility index (Phi) is 5.64. The molecule has 5 heteroatoms. The number of nitriles is 1. The highest BCUT2D eigenvalue weighted by Gasteiger charge is 2.16. The van der Waals surface area contributed by atoms with Gasteiger partial charge in [0, 0.05) is 37.4 Å². The Hall–Kier alpha value is -2.42. The largest absolute Gasteiger partial charge is 0.378 e. The molecule has 0 N–H and O–H groups in total. The van der Waals surface area contributed by atoms with Crippen LogP contribution in [0.3, 0.4) is 0 Å². The Bertz CT molecular complexity index is 766. The summed E-state index contributed by atoms with van der Waals surface area (Å²) in [7, 11) is 1.97. The molecule has 2 aromatic rings. The van der Waals surface area contributed by atoms with Crippen LogP contribution < -0.4 is 4.90 Å². The average molecular weight is 339 g/mol. The molecule has 0 bridgehead atoms. The van der Waals surface area contributed by atoms with Crippen LogP contribution in [0.15, 0.2) is 42.5 Å². The van der Waals surface area contributed by atoms with Crippen molar-refractivity contribution in [2.24, 2.45) is 0 Å². The summed E-state index contributed by atoms with van der Waals surface area (Å²) in [5.41, 5.74) is 3.46. The highest BCUT2D eigenvalue weighted by atomic mass is 19.1. The molecule has 1 fully saturated rings. The maximum absolute atomic E-state index is 14.0. The average Bonchev–Trinajstić information content (AvgIpc) is 2.64. The molecule has 0 spiro atoms. The first-order valence-corrected chi connectivity index (χ1v) is 8.45. The third kappa shape index (κ3) is 4.36. The lowest BCUT2D eigenvalue weighted by molar-refractivity contribution is 0.122. The topological polar surface area (TPSA) is 39.5 Å². The van der Waals surface area contributed by atoms with Crippen molar-refractivity contribution in [3.05, 3.63) is 65.0 Å². The molecule has 0 unspecified atom stereocenters. The van der Waals surface area contributed by atoms with E-state index in [-0.39, 0.29) is 5.82 Å². The van der Waals surface area contributed by atoms with Crippen LogP contribution in [0.1, 0.15) is 16.7 Å². The molecule has 0 amide bonds. The fourth-order valence-electron chi connectivity index (χ4n) is 3.16. The molecule has 0 aromatic heterocycles. The van der Waals surface area contributed by atoms with Crippen LogP contribution in [0, 0.1) is 17.1 Å². The van der Waals surface area contributed by atoms with Gasteiger partial charge in [0.1, 0.15) is 5.82 Å². The molecule has 0 atom stereocenters. The van der Waals surface area contributed by atoms with E-state index in [1.165, 1.54) is 23.4 Å². The Balaban J connectivity index is 1.73. The van der Waals surface area contributed by atoms with Crippen LogP contribution in [0.25, 0.3) is 0 Å². The smallest absolute Gasteiger partial charge is 0.127 e. The first-order valence-electron chi connectivity index (χ1n) is 8.45. The maximum atomic E-state index is 14.0. The number of anilines is 1. The minimum Gasteiger partial charge on any atom is -0.378 e. The Labute approximate surface area is 148 Å². The van der Waals surface area contributed by atoms with Crippen LogP contribution in [-0.4, -0.2) is 38.3 Å². The highest BCUT2D eigenvalue weighted by Crippen LogP contribution is 2.23. The summed E-state index contributed by atoms with van der Waals surface area (Å²) in [6.07, 6.45) is 0. The van der Waals surface area contributed by atoms with E-state index >= 15 is 0 Å². The molecular formula is C20H22FN3O. The van der Waals surface area contributed by atoms with E-state index in [0.717, 1.165) is 26.3 Å². The number of morpholine rings is 1. The Morgan fingerprint density at radius 1 is 1.12 bits per heavy atom. The number of halogens is 1. The second-order valence-corrected chi connectivity index (χ2v) is 6.32. The van der Waals surface area contributed by atoms with Gasteiger partial charge in [-0.15, -0.1) is 0 Å². The van der Waals surface area contributed by atoms with E-state index < -0.39 is 0 Å². The Morgan fingerprint density at radius 3 is 2.60 bits per heavy atom. The van der Waals surface area contributed by atoms with Gasteiger partial charge in [-0.3, -0.25) is 4.90 Å². The predicted molar refractivity (Wildman–Crippen MR) is 95.8 cm³/mol. The fraction of sp³-hybridized carbons (Fsp3) is 0.350. The van der Waals surface area contributed by atoms with Gasteiger partial charge >= 0.3 is 0 Å². The standard InChI is InChI=1S/C20H22FN3O/c1-23(15-18-12-16(13-22)6-7-19(18)21)14-17-4-2-3-5-20(17)24-8-10-25-11-9-24/h2-7,12H,8-11,14-15H2,1H3. The maximum Gasteiger partial charge on any atom is 0.127 e. The molecule has 25 heavy (non-hydrogen) atoms. The van der Waals surface area contributed by atoms with Crippen LogP contribution in [0.2, 0.25) is 0 Å². The van der Waals surface area contributed by atoms with Gasteiger partial charge in [0.05, 0.1) is 24.8 Å². The third-order valence-corrected chi connectivity index (χ3v) is 4.40. The van der Waals surface area contributed by atoms with Gasteiger partial charge in [0.25, 0.3) is 0 Å². The lowest BCUT2D eigenvalue weighted by atomic mass is 10.1. The Morgan fingerprint density at radius 2 is 1.84 bits per heavy atom. The van der Waals surface area contributed by atoms with E-state index in [4.69, 9.17) is 10.00 Å². The fourth-order valence-corrected chi connectivity index (χ4v) is 3.16. The summed E-state index contributed by atoms with van der Waals surface area (Å²) in [5, 5.41) is 9.00. The summed E-state index contributed by atoms with van der Waals surface area (Å²) in [4.78, 5) is 4.41. The van der Waals surface area contributed by atoms with Gasteiger partial charge < -0.3 is 9.64 Å². The molecule has 4 nitrogen and oxygen atoms in total. The molecule has 0 saturated carbocycles. The van der Waals surface area contributed by atoms with Crippen molar-refractivity contribution in [2.75, 3.05) is 38.3 Å². The summed E-state index contributed by atoms with van der Waals surface area (Å²) >= 11 is 0. The van der Waals surface area contributed by atoms with Gasteiger partial charge in [-0.1, -0.05) is 18.2 Å². The van der Waals surface area contributed by atoms with Crippen molar-refractivity contribution in [3.63, 3.8) is 0 Å². The molecular weight excluding hydrogens is 317 g/mol. The van der Waals surface area contributed by atoms with Crippen molar-refractivity contribution in [2.45, 2.75) is 13.1 Å². The highest BCUT2D eigenvalue weighted by molar-refractivity contribution is 5.54. The normalized spacial score (nSPS) is 14.6. The molecule has 1 aliphatic heterocycles. The molecule has 1 aliphatic rings. The second kappa shape index (κ2) is 8.11. The van der Waals surface area contributed by atoms with E-state index in [1.807, 2.05) is 19.2 Å². The van der Waals surface area contributed by atoms with Crippen molar-refractivity contribution in [1.82, 2.24) is 4.90 Å². The van der Waals surface area contributed by atoms with E-state index in [2.05, 4.69) is 28.0 Å². The van der Waals surface area contributed by atoms with Crippen molar-refractivity contribution < 1.29 is 9.13 Å². The molecule has 1 heterocycles. The first kappa shape index (κ1) is 17.4. The lowest BCUT2D eigenvalue weighted by Crippen LogP contribution is -2.37. The molecule has 0 aliphatic carbocycles. The lowest BCUT2D eigenvalue weighted by Gasteiger charge is -2.31. The number of nitrogens with zero attached hydrogens (tertiary/aromatic N) is 3. The van der Waals surface area contributed by atoms with Gasteiger partial charge in [0.2, 0.25) is 0 Å². The quantitative estimate of drug-likeness (QED) is 0.839. The number of para-hydroxylation sites is 1. The second-order valence-electron chi connectivity index (χ2n) is 6.32. The van der Waals surface area contributed by atoms with Crippen LogP contribution in [-0.2, 0) is 17.8 Å². The summed E-state index contributed by atoms with van der Waals surface area (Å²) in [6.45, 7) is 4.44. The number of rotatable bonds is 5. The first-order chi connectivity index (χ1) is 12.2. The molecule has 3 rings (SSSR count). The minimum atomic E-state index is -0.271. The monoisotopic (exact) mass is 339 g/mol. The molecule has 0 radical (unpaired) electrons. The molecule has 130 valence electrons. The zero-order chi connectivity index (χ0) is 17.6. The van der Waals surface area contributed by atoms with Crippen molar-refractivity contribution in [3.8, 4) is 6.07 Å². The summed E-state index contributed by atoms with van der Waals surface area (Å²) in [6, 6.07) is 14.9. The third-order valence-electron chi connectivity index (χ3n) is 4.40. The van der Waals surface area contributed by atoms with Crippen molar-refractivity contribution in [1.29, 1.82) is 5.26 Å². The van der Waals surface area contributed by atoms with Crippen LogP contribution in [0.4, 0.5) is 10.1 Å². The summed E-state index contributed by atoms with van der Waals surface area (Å²) in [5.74, 6) is -0.271. The van der Waals surface area contributed by atoms with E-state index in [1.54, 1.807) is 6.07 Å². The van der Waals surface area contributed by atoms with Crippen molar-refractivity contribution >= 4 is 5.69 Å². The zero-order valence-corrected chi connectivity index (χ0v) is 14.4. The van der Waals surface area contributed by atoms with Gasteiger partial charge in [-0.25, -0.2) is 4.39 Å². The van der Waals surface area contributed by atoms with Crippen LogP contribution in [0.5, 0.6) is 0 Å². The van der Waals surface area contributed by atoms with Gasteiger partial charge in [-0.05, 0) is 36.9 Å². The zero-order valence-electron chi connectivity index (χ0n) is 14.4. The van der Waals surface area contributed by atoms with Gasteiger partial charge in [-0.2, -0.15) is 5.26 Å². The molecule has 2 aromatic carbocycles. The van der Waals surface area contributed by atoms with Crippen LogP contribution >= 0.6 is 0 Å². The number of benzene rings is 2. The van der Waals surface area contributed by atoms with Gasteiger partial charge in [0.15, 0.2) is 0 Å². The SMILES string of the molecule is CN(Cc1cc(C#N)ccc1F)Cc1ccccc1N1CCOCC1. The predicted octanol–water partition coefficient (Wildman–Crippen LogP) is 3.17. The number of hydrogen-bond donors (Lipinski definition) is 0. The number of hydrogen-bond acceptors (Lipinski definition) is 4. The molecule has 1 saturated heterocycles. The number of ether oxygens (including phenoxy) is 1. The van der Waals surface area contributed by atoms with E-state index in [9.17, 15) is 4.39 Å². The minimum absolute atomic E-state index is 0.271.